The number of nitrogens with two attached hydrogens (primary N) is 1. The number of aromatic nitrogens is 3. The summed E-state index contributed by atoms with van der Waals surface area (Å²) in [5.74, 6) is -1.41. The van der Waals surface area contributed by atoms with Crippen LogP contribution in [0.3, 0.4) is 0 Å². The van der Waals surface area contributed by atoms with E-state index in [-0.39, 0.29) is 35.6 Å². The van der Waals surface area contributed by atoms with Crippen molar-refractivity contribution in [2.45, 2.75) is 39.8 Å². The Bertz CT molecular complexity index is 1670. The highest BCUT2D eigenvalue weighted by atomic mass is 16.4. The number of hydrogen-bond donors (Lipinski definition) is 2. The summed E-state index contributed by atoms with van der Waals surface area (Å²) in [6.07, 6.45) is 1.95. The van der Waals surface area contributed by atoms with Crippen LogP contribution in [-0.2, 0) is 13.0 Å². The van der Waals surface area contributed by atoms with Gasteiger partial charge in [0.2, 0.25) is 0 Å². The Labute approximate surface area is 211 Å². The molecule has 0 saturated carbocycles. The normalized spacial score (nSPS) is 14.6. The van der Waals surface area contributed by atoms with Gasteiger partial charge in [-0.15, -0.1) is 0 Å². The lowest BCUT2D eigenvalue weighted by Crippen LogP contribution is -2.20. The van der Waals surface area contributed by atoms with Gasteiger partial charge in [0.15, 0.2) is 5.58 Å². The molecule has 0 aliphatic carbocycles. The maximum atomic E-state index is 12.9. The lowest BCUT2D eigenvalue weighted by Gasteiger charge is -2.17. The highest BCUT2D eigenvalue weighted by Gasteiger charge is 2.35. The molecular weight excluding hydrogens is 472 g/mol. The molecule has 0 fully saturated rings. The van der Waals surface area contributed by atoms with Crippen LogP contribution in [0.1, 0.15) is 70.2 Å². The van der Waals surface area contributed by atoms with Crippen LogP contribution < -0.4 is 16.8 Å². The fourth-order valence-corrected chi connectivity index (χ4v) is 4.74. The van der Waals surface area contributed by atoms with E-state index in [0.29, 0.717) is 51.3 Å². The van der Waals surface area contributed by atoms with Gasteiger partial charge in [-0.05, 0) is 49.1 Å². The molecule has 37 heavy (non-hydrogen) atoms. The Hall–Kier alpha value is -4.78. The first-order chi connectivity index (χ1) is 17.7. The Morgan fingerprint density at radius 1 is 1.24 bits per heavy atom. The number of pyridine rings is 2. The van der Waals surface area contributed by atoms with Crippen molar-refractivity contribution in [3.63, 3.8) is 0 Å². The predicted molar refractivity (Wildman–Crippen MR) is 135 cm³/mol. The van der Waals surface area contributed by atoms with Crippen LogP contribution in [0.15, 0.2) is 45.7 Å². The lowest BCUT2D eigenvalue weighted by molar-refractivity contribution is 0.0959. The number of carbonyl (C=O) groups excluding carboxylic acids is 2. The fraction of sp³-hybridized carbons (Fsp3) is 0.259. The van der Waals surface area contributed by atoms with Gasteiger partial charge >= 0.3 is 5.76 Å². The van der Waals surface area contributed by atoms with E-state index in [9.17, 15) is 14.4 Å². The molecule has 186 valence electrons. The molecule has 0 spiro atoms. The van der Waals surface area contributed by atoms with Gasteiger partial charge in [-0.1, -0.05) is 19.9 Å². The molecule has 0 bridgehead atoms. The van der Waals surface area contributed by atoms with E-state index in [1.165, 1.54) is 10.8 Å². The average molecular weight is 497 g/mol. The summed E-state index contributed by atoms with van der Waals surface area (Å²) in [7, 11) is 0. The number of primary amides is 1. The first-order valence-corrected chi connectivity index (χ1v) is 11.8. The number of amides is 2. The van der Waals surface area contributed by atoms with Crippen LogP contribution in [-0.4, -0.2) is 26.3 Å². The average Bonchev–Trinajstić information content (AvgIpc) is 3.32. The van der Waals surface area contributed by atoms with Crippen molar-refractivity contribution in [3.8, 4) is 17.2 Å². The first-order valence-electron chi connectivity index (χ1n) is 11.8. The Kier molecular flexibility index (Phi) is 5.84. The Morgan fingerprint density at radius 3 is 2.68 bits per heavy atom. The van der Waals surface area contributed by atoms with E-state index in [1.807, 2.05) is 26.8 Å². The zero-order chi connectivity index (χ0) is 26.4. The first kappa shape index (κ1) is 23.9. The smallest absolute Gasteiger partial charge is 0.408 e. The molecule has 0 radical (unpaired) electrons. The second-order valence-corrected chi connectivity index (χ2v) is 9.51. The van der Waals surface area contributed by atoms with Crippen molar-refractivity contribution in [2.75, 3.05) is 0 Å². The Morgan fingerprint density at radius 2 is 2.03 bits per heavy atom. The molecule has 1 atom stereocenters. The summed E-state index contributed by atoms with van der Waals surface area (Å²) < 4.78 is 6.96. The molecule has 10 nitrogen and oxygen atoms in total. The molecule has 3 aromatic heterocycles. The number of fused-ring (bicyclic) bond motifs is 2. The van der Waals surface area contributed by atoms with E-state index in [0.717, 1.165) is 0 Å². The summed E-state index contributed by atoms with van der Waals surface area (Å²) >= 11 is 0. The molecule has 4 heterocycles. The van der Waals surface area contributed by atoms with Gasteiger partial charge in [0.05, 0.1) is 51.9 Å². The van der Waals surface area contributed by atoms with Crippen LogP contribution in [0.4, 0.5) is 0 Å². The highest BCUT2D eigenvalue weighted by molar-refractivity contribution is 6.11. The quantitative estimate of drug-likeness (QED) is 0.415. The fourth-order valence-electron chi connectivity index (χ4n) is 4.74. The third-order valence-electron chi connectivity index (χ3n) is 6.36. The number of carbonyl (C=O) groups is 2. The van der Waals surface area contributed by atoms with Crippen molar-refractivity contribution in [3.05, 3.63) is 80.9 Å². The van der Waals surface area contributed by atoms with Crippen molar-refractivity contribution >= 4 is 22.9 Å². The number of oxazole rings is 1. The number of nitrogens with zero attached hydrogens (tertiary/aromatic N) is 4. The maximum Gasteiger partial charge on any atom is 0.420 e. The maximum absolute atomic E-state index is 12.9. The monoisotopic (exact) mass is 496 g/mol. The molecule has 0 saturated heterocycles. The third-order valence-corrected chi connectivity index (χ3v) is 6.36. The van der Waals surface area contributed by atoms with Gasteiger partial charge in [0.25, 0.3) is 11.8 Å². The van der Waals surface area contributed by atoms with Gasteiger partial charge < -0.3 is 15.5 Å². The predicted octanol–water partition coefficient (Wildman–Crippen LogP) is 3.07. The van der Waals surface area contributed by atoms with Crippen LogP contribution in [0.5, 0.6) is 0 Å². The molecule has 1 aromatic carbocycles. The topological polar surface area (TPSA) is 157 Å². The van der Waals surface area contributed by atoms with Gasteiger partial charge in [0, 0.05) is 11.8 Å². The van der Waals surface area contributed by atoms with Crippen molar-refractivity contribution < 1.29 is 14.0 Å². The van der Waals surface area contributed by atoms with Crippen molar-refractivity contribution in [1.29, 1.82) is 5.26 Å². The SMILES string of the molecule is CC(C)Cc1nc2c(c(-c3ccc4c(c3)oc(=O)n4Cc3ccc(C#N)cn3)c1C(N)=O)C(=O)NC2C. The highest BCUT2D eigenvalue weighted by Crippen LogP contribution is 2.38. The van der Waals surface area contributed by atoms with Crippen LogP contribution in [0.25, 0.3) is 22.2 Å². The molecule has 2 amide bonds. The molecule has 4 aromatic rings. The van der Waals surface area contributed by atoms with E-state index in [4.69, 9.17) is 15.4 Å². The summed E-state index contributed by atoms with van der Waals surface area (Å²) in [6, 6.07) is 10.1. The van der Waals surface area contributed by atoms with Crippen molar-refractivity contribution in [2.24, 2.45) is 11.7 Å². The van der Waals surface area contributed by atoms with E-state index < -0.39 is 11.7 Å². The Balaban J connectivity index is 1.68. The summed E-state index contributed by atoms with van der Waals surface area (Å²) in [5.41, 5.74) is 10.1. The molecule has 1 unspecified atom stereocenters. The largest absolute Gasteiger partial charge is 0.420 e. The molecule has 1 aliphatic heterocycles. The van der Waals surface area contributed by atoms with E-state index in [2.05, 4.69) is 15.3 Å². The summed E-state index contributed by atoms with van der Waals surface area (Å²) in [4.78, 5) is 47.3. The van der Waals surface area contributed by atoms with E-state index >= 15 is 0 Å². The second kappa shape index (κ2) is 9.02. The van der Waals surface area contributed by atoms with Crippen LogP contribution in [0, 0.1) is 17.2 Å². The summed E-state index contributed by atoms with van der Waals surface area (Å²) in [6.45, 7) is 6.01. The number of nitrogens with one attached hydrogen (secondary N) is 1. The number of rotatable bonds is 6. The third kappa shape index (κ3) is 4.14. The summed E-state index contributed by atoms with van der Waals surface area (Å²) in [5, 5.41) is 11.8. The van der Waals surface area contributed by atoms with Gasteiger partial charge in [0.1, 0.15) is 6.07 Å². The number of nitriles is 1. The minimum Gasteiger partial charge on any atom is -0.408 e. The molecule has 5 rings (SSSR count). The van der Waals surface area contributed by atoms with Gasteiger partial charge in [-0.2, -0.15) is 5.26 Å². The zero-order valence-corrected chi connectivity index (χ0v) is 20.5. The van der Waals surface area contributed by atoms with Crippen molar-refractivity contribution in [1.82, 2.24) is 19.9 Å². The number of hydrogen-bond acceptors (Lipinski definition) is 7. The van der Waals surface area contributed by atoms with Gasteiger partial charge in [-0.25, -0.2) is 4.79 Å². The van der Waals surface area contributed by atoms with E-state index in [1.54, 1.807) is 30.3 Å². The minimum absolute atomic E-state index is 0.145. The number of benzene rings is 1. The molecule has 1 aliphatic rings. The van der Waals surface area contributed by atoms with Crippen LogP contribution in [0.2, 0.25) is 0 Å². The molecule has 3 N–H and O–H groups in total. The zero-order valence-electron chi connectivity index (χ0n) is 20.5. The minimum atomic E-state index is -0.681. The van der Waals surface area contributed by atoms with Gasteiger partial charge in [-0.3, -0.25) is 24.1 Å². The van der Waals surface area contributed by atoms with Crippen LogP contribution >= 0.6 is 0 Å². The lowest BCUT2D eigenvalue weighted by atomic mass is 9.89. The molecule has 10 heteroatoms. The molecular formula is C27H24N6O4. The standard InChI is InChI=1S/C27H24N6O4/c1-13(2)8-18-22(25(29)34)21(23-24(32-18)14(3)31-26(23)35)16-5-7-19-20(9-16)37-27(36)33(19)12-17-6-4-15(10-28)11-30-17/h4-7,9,11,13-14H,8,12H2,1-3H3,(H2,29,34)(H,31,35). The second-order valence-electron chi connectivity index (χ2n) is 9.51.